The lowest BCUT2D eigenvalue weighted by Gasteiger charge is -2.27. The third-order valence-corrected chi connectivity index (χ3v) is 5.32. The Hall–Kier alpha value is -4.93. The average Bonchev–Trinajstić information content (AvgIpc) is 2.88. The number of barbiturate groups is 1. The predicted molar refractivity (Wildman–Crippen MR) is 129 cm³/mol. The first-order chi connectivity index (χ1) is 18.1. The number of carbonyl (C=O) groups excluding carboxylic acids is 4. The van der Waals surface area contributed by atoms with Gasteiger partial charge >= 0.3 is 18.2 Å². The quantitative estimate of drug-likeness (QED) is 0.211. The molecule has 11 heteroatoms. The second-order valence-electron chi connectivity index (χ2n) is 7.90. The Morgan fingerprint density at radius 1 is 0.947 bits per heavy atom. The number of amides is 4. The molecule has 1 aliphatic rings. The Kier molecular flexibility index (Phi) is 7.28. The Bertz CT molecular complexity index is 1450. The lowest BCUT2D eigenvalue weighted by atomic mass is 10.1. The van der Waals surface area contributed by atoms with E-state index in [-0.39, 0.29) is 29.4 Å². The van der Waals surface area contributed by atoms with Crippen molar-refractivity contribution < 1.29 is 41.8 Å². The number of hydrogen-bond donors (Lipinski definition) is 1. The van der Waals surface area contributed by atoms with Crippen LogP contribution in [0, 0.1) is 0 Å². The molecule has 1 saturated heterocycles. The van der Waals surface area contributed by atoms with Crippen molar-refractivity contribution in [3.8, 4) is 11.5 Å². The molecular weight excluding hydrogens is 505 g/mol. The lowest BCUT2D eigenvalue weighted by molar-refractivity contribution is -0.137. The Labute approximate surface area is 214 Å². The summed E-state index contributed by atoms with van der Waals surface area (Å²) < 4.78 is 50.4. The van der Waals surface area contributed by atoms with Crippen molar-refractivity contribution in [2.75, 3.05) is 11.5 Å². The maximum Gasteiger partial charge on any atom is 0.416 e. The molecule has 1 aliphatic heterocycles. The number of hydrogen-bond acceptors (Lipinski definition) is 6. The number of nitrogens with one attached hydrogen (secondary N) is 1. The third kappa shape index (κ3) is 5.56. The molecule has 3 aromatic rings. The van der Waals surface area contributed by atoms with E-state index < -0.39 is 41.1 Å². The molecule has 0 unspecified atom stereocenters. The normalized spacial score (nSPS) is 14.9. The minimum Gasteiger partial charge on any atom is -0.490 e. The Balaban J connectivity index is 1.66. The number of anilines is 1. The summed E-state index contributed by atoms with van der Waals surface area (Å²) in [7, 11) is 0. The summed E-state index contributed by atoms with van der Waals surface area (Å²) >= 11 is 0. The van der Waals surface area contributed by atoms with E-state index in [1.54, 1.807) is 37.3 Å². The van der Waals surface area contributed by atoms with Crippen molar-refractivity contribution in [2.24, 2.45) is 0 Å². The number of imide groups is 2. The van der Waals surface area contributed by atoms with Crippen molar-refractivity contribution in [3.63, 3.8) is 0 Å². The zero-order chi connectivity index (χ0) is 27.4. The van der Waals surface area contributed by atoms with E-state index in [0.717, 1.165) is 24.3 Å². The van der Waals surface area contributed by atoms with Gasteiger partial charge in [-0.1, -0.05) is 30.3 Å². The number of rotatable bonds is 6. The zero-order valence-corrected chi connectivity index (χ0v) is 19.7. The SMILES string of the molecule is CCOc1cc(/C=C2\C(=O)NC(=O)N(c3cccc(C(F)(F)F)c3)C2=O)ccc1OC(=O)c1ccccc1. The minimum absolute atomic E-state index is 0.0862. The fraction of sp³-hybridized carbons (Fsp3) is 0.111. The number of urea groups is 1. The maximum absolute atomic E-state index is 13.2. The molecule has 0 aliphatic carbocycles. The molecule has 194 valence electrons. The van der Waals surface area contributed by atoms with Gasteiger partial charge in [-0.15, -0.1) is 0 Å². The van der Waals surface area contributed by atoms with E-state index >= 15 is 0 Å². The molecule has 0 saturated carbocycles. The molecule has 4 rings (SSSR count). The van der Waals surface area contributed by atoms with E-state index in [1.165, 1.54) is 18.2 Å². The number of alkyl halides is 3. The topological polar surface area (TPSA) is 102 Å². The van der Waals surface area contributed by atoms with Gasteiger partial charge in [0.1, 0.15) is 5.57 Å². The number of ether oxygens (including phenoxy) is 2. The summed E-state index contributed by atoms with van der Waals surface area (Å²) in [4.78, 5) is 50.8. The molecule has 0 bridgehead atoms. The smallest absolute Gasteiger partial charge is 0.416 e. The highest BCUT2D eigenvalue weighted by Gasteiger charge is 2.38. The van der Waals surface area contributed by atoms with Crippen molar-refractivity contribution in [2.45, 2.75) is 13.1 Å². The van der Waals surface area contributed by atoms with E-state index in [0.29, 0.717) is 16.5 Å². The van der Waals surface area contributed by atoms with Crippen LogP contribution in [-0.4, -0.2) is 30.4 Å². The second-order valence-corrected chi connectivity index (χ2v) is 7.90. The lowest BCUT2D eigenvalue weighted by Crippen LogP contribution is -2.54. The second kappa shape index (κ2) is 10.6. The monoisotopic (exact) mass is 524 g/mol. The van der Waals surface area contributed by atoms with Crippen LogP contribution in [0.25, 0.3) is 6.08 Å². The fourth-order valence-corrected chi connectivity index (χ4v) is 3.58. The van der Waals surface area contributed by atoms with Crippen LogP contribution < -0.4 is 19.7 Å². The van der Waals surface area contributed by atoms with Gasteiger partial charge in [-0.05, 0) is 61.0 Å². The fourth-order valence-electron chi connectivity index (χ4n) is 3.58. The first-order valence-electron chi connectivity index (χ1n) is 11.2. The highest BCUT2D eigenvalue weighted by Crippen LogP contribution is 2.33. The molecule has 8 nitrogen and oxygen atoms in total. The molecule has 1 fully saturated rings. The van der Waals surface area contributed by atoms with Crippen LogP contribution in [0.1, 0.15) is 28.4 Å². The predicted octanol–water partition coefficient (Wildman–Crippen LogP) is 4.99. The van der Waals surface area contributed by atoms with Crippen molar-refractivity contribution in [3.05, 3.63) is 95.1 Å². The Morgan fingerprint density at radius 3 is 2.37 bits per heavy atom. The van der Waals surface area contributed by atoms with Crippen LogP contribution in [0.2, 0.25) is 0 Å². The van der Waals surface area contributed by atoms with Gasteiger partial charge in [0.15, 0.2) is 11.5 Å². The van der Waals surface area contributed by atoms with Crippen LogP contribution in [0.4, 0.5) is 23.7 Å². The molecular formula is C27H19F3N2O6. The summed E-state index contributed by atoms with van der Waals surface area (Å²) in [5, 5.41) is 1.96. The summed E-state index contributed by atoms with van der Waals surface area (Å²) in [6, 6.07) is 14.9. The van der Waals surface area contributed by atoms with Crippen molar-refractivity contribution >= 4 is 35.6 Å². The first kappa shape index (κ1) is 26.1. The van der Waals surface area contributed by atoms with E-state index in [4.69, 9.17) is 9.47 Å². The van der Waals surface area contributed by atoms with E-state index in [9.17, 15) is 32.3 Å². The van der Waals surface area contributed by atoms with Crippen LogP contribution in [0.5, 0.6) is 11.5 Å². The largest absolute Gasteiger partial charge is 0.490 e. The third-order valence-electron chi connectivity index (χ3n) is 5.32. The standard InChI is InChI=1S/C27H19F3N2O6/c1-2-37-22-14-16(11-12-21(22)38-25(35)17-7-4-3-5-8-17)13-20-23(33)31-26(36)32(24(20)34)19-10-6-9-18(15-19)27(28,29)30/h3-15H,2H2,1H3,(H,31,33,36)/b20-13+. The highest BCUT2D eigenvalue weighted by molar-refractivity contribution is 6.39. The Morgan fingerprint density at radius 2 is 1.68 bits per heavy atom. The molecule has 0 spiro atoms. The molecule has 0 atom stereocenters. The van der Waals surface area contributed by atoms with Gasteiger partial charge in [-0.3, -0.25) is 14.9 Å². The average molecular weight is 524 g/mol. The van der Waals surface area contributed by atoms with Gasteiger partial charge in [-0.2, -0.15) is 13.2 Å². The number of nitrogens with zero attached hydrogens (tertiary/aromatic N) is 1. The van der Waals surface area contributed by atoms with Crippen LogP contribution in [0.3, 0.4) is 0 Å². The van der Waals surface area contributed by atoms with Gasteiger partial charge in [-0.25, -0.2) is 14.5 Å². The van der Waals surface area contributed by atoms with Gasteiger partial charge in [0.25, 0.3) is 11.8 Å². The summed E-state index contributed by atoms with van der Waals surface area (Å²) in [5.74, 6) is -2.55. The van der Waals surface area contributed by atoms with Crippen molar-refractivity contribution in [1.29, 1.82) is 0 Å². The van der Waals surface area contributed by atoms with Gasteiger partial charge in [0.05, 0.1) is 23.4 Å². The van der Waals surface area contributed by atoms with Crippen LogP contribution in [-0.2, 0) is 15.8 Å². The van der Waals surface area contributed by atoms with Gasteiger partial charge in [0, 0.05) is 0 Å². The molecule has 38 heavy (non-hydrogen) atoms. The minimum atomic E-state index is -4.71. The van der Waals surface area contributed by atoms with E-state index in [2.05, 4.69) is 0 Å². The summed E-state index contributed by atoms with van der Waals surface area (Å²) in [6.45, 7) is 1.90. The van der Waals surface area contributed by atoms with Gasteiger partial charge in [0.2, 0.25) is 0 Å². The molecule has 0 aromatic heterocycles. The number of halogens is 3. The van der Waals surface area contributed by atoms with Gasteiger partial charge < -0.3 is 9.47 Å². The molecule has 0 radical (unpaired) electrons. The maximum atomic E-state index is 13.2. The molecule has 4 amide bonds. The molecule has 1 N–H and O–H groups in total. The number of esters is 1. The number of benzene rings is 3. The van der Waals surface area contributed by atoms with Crippen molar-refractivity contribution in [1.82, 2.24) is 5.32 Å². The summed E-state index contributed by atoms with van der Waals surface area (Å²) in [5.41, 5.74) is -1.35. The molecule has 1 heterocycles. The van der Waals surface area contributed by atoms with E-state index in [1.807, 2.05) is 5.32 Å². The summed E-state index contributed by atoms with van der Waals surface area (Å²) in [6.07, 6.45) is -3.56. The number of carbonyl (C=O) groups is 4. The highest BCUT2D eigenvalue weighted by atomic mass is 19.4. The zero-order valence-electron chi connectivity index (χ0n) is 19.7. The molecule has 3 aromatic carbocycles. The van der Waals surface area contributed by atoms with Crippen LogP contribution in [0.15, 0.2) is 78.4 Å². The van der Waals surface area contributed by atoms with Crippen LogP contribution >= 0.6 is 0 Å². The first-order valence-corrected chi connectivity index (χ1v) is 11.2.